The SMILES string of the molecule is CCNC(=NCc1cc(C(C)C)no1)N1CCC2(CCOC2)C1. The maximum Gasteiger partial charge on any atom is 0.194 e. The van der Waals surface area contributed by atoms with Gasteiger partial charge in [0.2, 0.25) is 0 Å². The zero-order chi connectivity index (χ0) is 16.3. The minimum absolute atomic E-state index is 0.341. The Balaban J connectivity index is 1.65. The number of rotatable bonds is 4. The van der Waals surface area contributed by atoms with E-state index in [-0.39, 0.29) is 0 Å². The lowest BCUT2D eigenvalue weighted by atomic mass is 9.87. The lowest BCUT2D eigenvalue weighted by molar-refractivity contribution is 0.156. The maximum absolute atomic E-state index is 5.61. The van der Waals surface area contributed by atoms with E-state index in [9.17, 15) is 0 Å². The number of hydrogen-bond donors (Lipinski definition) is 1. The molecule has 3 heterocycles. The first-order valence-corrected chi connectivity index (χ1v) is 8.68. The molecule has 23 heavy (non-hydrogen) atoms. The average molecular weight is 320 g/mol. The van der Waals surface area contributed by atoms with Crippen LogP contribution in [0.3, 0.4) is 0 Å². The molecule has 0 radical (unpaired) electrons. The average Bonchev–Trinajstić information content (AvgIpc) is 3.26. The molecule has 1 N–H and O–H groups in total. The van der Waals surface area contributed by atoms with Crippen molar-refractivity contribution >= 4 is 5.96 Å². The van der Waals surface area contributed by atoms with Crippen molar-refractivity contribution in [2.45, 2.75) is 46.1 Å². The zero-order valence-electron chi connectivity index (χ0n) is 14.5. The largest absolute Gasteiger partial charge is 0.381 e. The molecule has 1 unspecified atom stereocenters. The summed E-state index contributed by atoms with van der Waals surface area (Å²) in [5.74, 6) is 2.17. The lowest BCUT2D eigenvalue weighted by Crippen LogP contribution is -2.41. The molecule has 1 aromatic rings. The van der Waals surface area contributed by atoms with Crippen molar-refractivity contribution < 1.29 is 9.26 Å². The van der Waals surface area contributed by atoms with Crippen LogP contribution < -0.4 is 5.32 Å². The molecule has 1 atom stereocenters. The van der Waals surface area contributed by atoms with Crippen LogP contribution in [0.25, 0.3) is 0 Å². The van der Waals surface area contributed by atoms with E-state index in [1.54, 1.807) is 0 Å². The van der Waals surface area contributed by atoms with Gasteiger partial charge in [-0.15, -0.1) is 0 Å². The molecule has 2 fully saturated rings. The van der Waals surface area contributed by atoms with Crippen LogP contribution in [0.5, 0.6) is 0 Å². The summed E-state index contributed by atoms with van der Waals surface area (Å²) in [7, 11) is 0. The molecule has 0 amide bonds. The first-order valence-electron chi connectivity index (χ1n) is 8.68. The number of hydrogen-bond acceptors (Lipinski definition) is 4. The van der Waals surface area contributed by atoms with Gasteiger partial charge in [-0.3, -0.25) is 0 Å². The molecule has 2 aliphatic heterocycles. The molecule has 0 saturated carbocycles. The van der Waals surface area contributed by atoms with Crippen LogP contribution in [0.1, 0.15) is 51.0 Å². The topological polar surface area (TPSA) is 62.9 Å². The van der Waals surface area contributed by atoms with E-state index in [4.69, 9.17) is 14.3 Å². The van der Waals surface area contributed by atoms with Gasteiger partial charge < -0.3 is 19.5 Å². The summed E-state index contributed by atoms with van der Waals surface area (Å²) in [5.41, 5.74) is 1.33. The molecule has 2 saturated heterocycles. The van der Waals surface area contributed by atoms with Gasteiger partial charge in [-0.1, -0.05) is 19.0 Å². The van der Waals surface area contributed by atoms with Crippen molar-refractivity contribution in [2.75, 3.05) is 32.8 Å². The second-order valence-corrected chi connectivity index (χ2v) is 7.02. The summed E-state index contributed by atoms with van der Waals surface area (Å²) < 4.78 is 11.0. The minimum atomic E-state index is 0.341. The van der Waals surface area contributed by atoms with Gasteiger partial charge in [0.25, 0.3) is 0 Å². The van der Waals surface area contributed by atoms with Crippen molar-refractivity contribution in [3.63, 3.8) is 0 Å². The van der Waals surface area contributed by atoms with Crippen molar-refractivity contribution in [2.24, 2.45) is 10.4 Å². The number of nitrogens with one attached hydrogen (secondary N) is 1. The molecule has 6 heteroatoms. The van der Waals surface area contributed by atoms with Gasteiger partial charge in [-0.05, 0) is 25.7 Å². The summed E-state index contributed by atoms with van der Waals surface area (Å²) in [6, 6.07) is 2.01. The Kier molecular flexibility index (Phi) is 4.90. The third-order valence-corrected chi connectivity index (χ3v) is 4.81. The first-order chi connectivity index (χ1) is 11.1. The Hall–Kier alpha value is -1.56. The van der Waals surface area contributed by atoms with Crippen molar-refractivity contribution in [3.05, 3.63) is 17.5 Å². The molecule has 2 aliphatic rings. The number of guanidine groups is 1. The summed E-state index contributed by atoms with van der Waals surface area (Å²) in [4.78, 5) is 7.11. The fraction of sp³-hybridized carbons (Fsp3) is 0.765. The smallest absolute Gasteiger partial charge is 0.194 e. The quantitative estimate of drug-likeness (QED) is 0.682. The fourth-order valence-corrected chi connectivity index (χ4v) is 3.34. The van der Waals surface area contributed by atoms with Crippen LogP contribution in [0.15, 0.2) is 15.6 Å². The van der Waals surface area contributed by atoms with E-state index < -0.39 is 0 Å². The van der Waals surface area contributed by atoms with Gasteiger partial charge in [-0.25, -0.2) is 4.99 Å². The number of ether oxygens (including phenoxy) is 1. The Bertz CT molecular complexity index is 547. The van der Waals surface area contributed by atoms with Crippen LogP contribution >= 0.6 is 0 Å². The van der Waals surface area contributed by atoms with E-state index in [0.717, 1.165) is 50.3 Å². The fourth-order valence-electron chi connectivity index (χ4n) is 3.34. The third kappa shape index (κ3) is 3.68. The second-order valence-electron chi connectivity index (χ2n) is 7.02. The highest BCUT2D eigenvalue weighted by molar-refractivity contribution is 5.80. The van der Waals surface area contributed by atoms with Crippen molar-refractivity contribution in [1.82, 2.24) is 15.4 Å². The van der Waals surface area contributed by atoms with Crippen molar-refractivity contribution in [1.29, 1.82) is 0 Å². The van der Waals surface area contributed by atoms with Gasteiger partial charge in [0, 0.05) is 37.7 Å². The summed E-state index contributed by atoms with van der Waals surface area (Å²) in [6.07, 6.45) is 2.36. The molecular weight excluding hydrogens is 292 g/mol. The third-order valence-electron chi connectivity index (χ3n) is 4.81. The second kappa shape index (κ2) is 6.91. The molecular formula is C17H28N4O2. The normalized spacial score (nSPS) is 25.0. The van der Waals surface area contributed by atoms with Crippen LogP contribution in [-0.4, -0.2) is 48.9 Å². The molecule has 1 spiro atoms. The van der Waals surface area contributed by atoms with E-state index in [2.05, 4.69) is 36.1 Å². The van der Waals surface area contributed by atoms with Crippen molar-refractivity contribution in [3.8, 4) is 0 Å². The highest BCUT2D eigenvalue weighted by atomic mass is 16.5. The van der Waals surface area contributed by atoms with E-state index >= 15 is 0 Å². The monoisotopic (exact) mass is 320 g/mol. The molecule has 0 bridgehead atoms. The number of nitrogens with zero attached hydrogens (tertiary/aromatic N) is 3. The molecule has 0 aromatic carbocycles. The standard InChI is InChI=1S/C17H28N4O2/c1-4-18-16(19-10-14-9-15(13(2)3)20-23-14)21-7-5-17(11-21)6-8-22-12-17/h9,13H,4-8,10-12H2,1-3H3,(H,18,19). The van der Waals surface area contributed by atoms with Gasteiger partial charge in [0.1, 0.15) is 6.54 Å². The summed E-state index contributed by atoms with van der Waals surface area (Å²) in [5, 5.41) is 7.50. The Morgan fingerprint density at radius 3 is 3.00 bits per heavy atom. The van der Waals surface area contributed by atoms with Gasteiger partial charge >= 0.3 is 0 Å². The highest BCUT2D eigenvalue weighted by Gasteiger charge is 2.42. The highest BCUT2D eigenvalue weighted by Crippen LogP contribution is 2.38. The number of aliphatic imine (C=N–C) groups is 1. The number of likely N-dealkylation sites (tertiary alicyclic amines) is 1. The Morgan fingerprint density at radius 1 is 1.48 bits per heavy atom. The van der Waals surface area contributed by atoms with Crippen LogP contribution in [0, 0.1) is 5.41 Å². The van der Waals surface area contributed by atoms with Gasteiger partial charge in [0.05, 0.1) is 12.3 Å². The molecule has 128 valence electrons. The van der Waals surface area contributed by atoms with Gasteiger partial charge in [0.15, 0.2) is 11.7 Å². The minimum Gasteiger partial charge on any atom is -0.381 e. The first kappa shape index (κ1) is 16.3. The summed E-state index contributed by atoms with van der Waals surface area (Å²) >= 11 is 0. The van der Waals surface area contributed by atoms with Crippen LogP contribution in [-0.2, 0) is 11.3 Å². The van der Waals surface area contributed by atoms with E-state index in [1.807, 2.05) is 6.07 Å². The Labute approximate surface area is 138 Å². The zero-order valence-corrected chi connectivity index (χ0v) is 14.5. The van der Waals surface area contributed by atoms with Crippen LogP contribution in [0.2, 0.25) is 0 Å². The number of aromatic nitrogens is 1. The predicted octanol–water partition coefficient (Wildman–Crippen LogP) is 2.38. The van der Waals surface area contributed by atoms with E-state index in [0.29, 0.717) is 17.9 Å². The van der Waals surface area contributed by atoms with Crippen LogP contribution in [0.4, 0.5) is 0 Å². The Morgan fingerprint density at radius 2 is 2.35 bits per heavy atom. The predicted molar refractivity (Wildman–Crippen MR) is 89.5 cm³/mol. The lowest BCUT2D eigenvalue weighted by Gasteiger charge is -2.24. The molecule has 6 nitrogen and oxygen atoms in total. The van der Waals surface area contributed by atoms with Gasteiger partial charge in [-0.2, -0.15) is 0 Å². The maximum atomic E-state index is 5.61. The van der Waals surface area contributed by atoms with E-state index in [1.165, 1.54) is 12.8 Å². The molecule has 3 rings (SSSR count). The molecule has 0 aliphatic carbocycles. The summed E-state index contributed by atoms with van der Waals surface area (Å²) in [6.45, 7) is 11.6. The molecule has 1 aromatic heterocycles.